The number of hydrogen-bond donors (Lipinski definition) is 3. The van der Waals surface area contributed by atoms with Crippen molar-refractivity contribution in [3.05, 3.63) is 11.8 Å². The SMILES string of the molecule is NCCNC1CCN(C(=O)C2=CCCN2)CC1. The highest BCUT2D eigenvalue weighted by molar-refractivity contribution is 5.93. The lowest BCUT2D eigenvalue weighted by Gasteiger charge is -2.32. The molecule has 0 unspecified atom stereocenters. The Balaban J connectivity index is 1.76. The van der Waals surface area contributed by atoms with Gasteiger partial charge in [0.1, 0.15) is 0 Å². The van der Waals surface area contributed by atoms with Crippen LogP contribution in [0.4, 0.5) is 0 Å². The zero-order valence-electron chi connectivity index (χ0n) is 10.2. The monoisotopic (exact) mass is 238 g/mol. The number of amides is 1. The summed E-state index contributed by atoms with van der Waals surface area (Å²) >= 11 is 0. The molecule has 0 radical (unpaired) electrons. The van der Waals surface area contributed by atoms with E-state index in [4.69, 9.17) is 5.73 Å². The fraction of sp³-hybridized carbons (Fsp3) is 0.750. The smallest absolute Gasteiger partial charge is 0.269 e. The van der Waals surface area contributed by atoms with Crippen LogP contribution in [0.2, 0.25) is 0 Å². The molecule has 0 aromatic heterocycles. The van der Waals surface area contributed by atoms with Crippen LogP contribution in [0.15, 0.2) is 11.8 Å². The number of nitrogens with zero attached hydrogens (tertiary/aromatic N) is 1. The third-order valence-electron chi connectivity index (χ3n) is 3.40. The number of nitrogens with one attached hydrogen (secondary N) is 2. The van der Waals surface area contributed by atoms with Gasteiger partial charge >= 0.3 is 0 Å². The van der Waals surface area contributed by atoms with Crippen LogP contribution < -0.4 is 16.4 Å². The van der Waals surface area contributed by atoms with E-state index in [1.807, 2.05) is 11.0 Å². The van der Waals surface area contributed by atoms with E-state index in [9.17, 15) is 4.79 Å². The molecule has 0 saturated carbocycles. The highest BCUT2D eigenvalue weighted by Crippen LogP contribution is 2.14. The fourth-order valence-corrected chi connectivity index (χ4v) is 2.40. The van der Waals surface area contributed by atoms with Gasteiger partial charge in [-0.15, -0.1) is 0 Å². The Hall–Kier alpha value is -1.07. The maximum atomic E-state index is 12.1. The van der Waals surface area contributed by atoms with Crippen LogP contribution in [0, 0.1) is 0 Å². The first-order valence-electron chi connectivity index (χ1n) is 6.48. The van der Waals surface area contributed by atoms with Crippen molar-refractivity contribution in [2.75, 3.05) is 32.7 Å². The fourth-order valence-electron chi connectivity index (χ4n) is 2.40. The summed E-state index contributed by atoms with van der Waals surface area (Å²) in [5, 5.41) is 6.54. The Morgan fingerprint density at radius 2 is 2.29 bits per heavy atom. The van der Waals surface area contributed by atoms with Gasteiger partial charge in [0.2, 0.25) is 0 Å². The molecule has 1 amide bonds. The van der Waals surface area contributed by atoms with E-state index in [0.717, 1.165) is 51.1 Å². The summed E-state index contributed by atoms with van der Waals surface area (Å²) in [7, 11) is 0. The van der Waals surface area contributed by atoms with Crippen LogP contribution >= 0.6 is 0 Å². The number of rotatable bonds is 4. The molecular formula is C12H22N4O. The van der Waals surface area contributed by atoms with Gasteiger partial charge in [-0.1, -0.05) is 6.08 Å². The van der Waals surface area contributed by atoms with Crippen molar-refractivity contribution in [1.82, 2.24) is 15.5 Å². The second kappa shape index (κ2) is 6.02. The standard InChI is InChI=1S/C12H22N4O/c13-5-7-14-10-3-8-16(9-4-10)12(17)11-2-1-6-15-11/h2,10,14-15H,1,3-9,13H2. The molecule has 0 spiro atoms. The molecule has 96 valence electrons. The second-order valence-electron chi connectivity index (χ2n) is 4.64. The molecule has 1 saturated heterocycles. The maximum absolute atomic E-state index is 12.1. The van der Waals surface area contributed by atoms with E-state index < -0.39 is 0 Å². The van der Waals surface area contributed by atoms with Crippen LogP contribution in [-0.4, -0.2) is 49.6 Å². The van der Waals surface area contributed by atoms with Crippen molar-refractivity contribution in [3.8, 4) is 0 Å². The average Bonchev–Trinajstić information content (AvgIpc) is 2.90. The quantitative estimate of drug-likeness (QED) is 0.612. The second-order valence-corrected chi connectivity index (χ2v) is 4.64. The van der Waals surface area contributed by atoms with Gasteiger partial charge in [-0.2, -0.15) is 0 Å². The molecular weight excluding hydrogens is 216 g/mol. The van der Waals surface area contributed by atoms with Gasteiger partial charge in [0.15, 0.2) is 0 Å². The van der Waals surface area contributed by atoms with Crippen LogP contribution in [0.3, 0.4) is 0 Å². The predicted molar refractivity (Wildman–Crippen MR) is 67.4 cm³/mol. The van der Waals surface area contributed by atoms with Crippen molar-refractivity contribution in [2.45, 2.75) is 25.3 Å². The van der Waals surface area contributed by atoms with E-state index in [-0.39, 0.29) is 5.91 Å². The van der Waals surface area contributed by atoms with Gasteiger partial charge in [0.05, 0.1) is 5.70 Å². The highest BCUT2D eigenvalue weighted by Gasteiger charge is 2.25. The Bertz CT molecular complexity index is 295. The normalized spacial score (nSPS) is 21.2. The summed E-state index contributed by atoms with van der Waals surface area (Å²) in [6, 6.07) is 0.521. The van der Waals surface area contributed by atoms with Crippen molar-refractivity contribution < 1.29 is 4.79 Å². The molecule has 17 heavy (non-hydrogen) atoms. The van der Waals surface area contributed by atoms with Gasteiger partial charge in [-0.3, -0.25) is 4.79 Å². The van der Waals surface area contributed by atoms with E-state index >= 15 is 0 Å². The summed E-state index contributed by atoms with van der Waals surface area (Å²) < 4.78 is 0. The summed E-state index contributed by atoms with van der Waals surface area (Å²) in [4.78, 5) is 14.0. The maximum Gasteiger partial charge on any atom is 0.269 e. The molecule has 0 aliphatic carbocycles. The van der Waals surface area contributed by atoms with Crippen molar-refractivity contribution in [1.29, 1.82) is 0 Å². The van der Waals surface area contributed by atoms with Gasteiger partial charge in [0.25, 0.3) is 5.91 Å². The summed E-state index contributed by atoms with van der Waals surface area (Å²) in [5.41, 5.74) is 6.25. The Morgan fingerprint density at radius 1 is 1.53 bits per heavy atom. The first-order chi connectivity index (χ1) is 8.31. The molecule has 1 fully saturated rings. The number of nitrogens with two attached hydrogens (primary N) is 1. The topological polar surface area (TPSA) is 70.4 Å². The Labute approximate surface area is 102 Å². The number of hydrogen-bond acceptors (Lipinski definition) is 4. The van der Waals surface area contributed by atoms with Gasteiger partial charge in [0, 0.05) is 38.8 Å². The van der Waals surface area contributed by atoms with Crippen LogP contribution in [0.5, 0.6) is 0 Å². The van der Waals surface area contributed by atoms with Crippen LogP contribution in [0.25, 0.3) is 0 Å². The minimum atomic E-state index is 0.166. The van der Waals surface area contributed by atoms with Crippen molar-refractivity contribution in [3.63, 3.8) is 0 Å². The third kappa shape index (κ3) is 3.20. The lowest BCUT2D eigenvalue weighted by Crippen LogP contribution is -2.47. The number of carbonyl (C=O) groups is 1. The number of likely N-dealkylation sites (tertiary alicyclic amines) is 1. The van der Waals surface area contributed by atoms with Crippen LogP contribution in [0.1, 0.15) is 19.3 Å². The molecule has 2 rings (SSSR count). The molecule has 0 aromatic rings. The number of piperidine rings is 1. The molecule has 2 heterocycles. The summed E-state index contributed by atoms with van der Waals surface area (Å²) in [5.74, 6) is 0.166. The molecule has 0 atom stereocenters. The predicted octanol–water partition coefficient (Wildman–Crippen LogP) is -0.597. The zero-order chi connectivity index (χ0) is 12.1. The first kappa shape index (κ1) is 12.4. The van der Waals surface area contributed by atoms with Gasteiger partial charge in [-0.25, -0.2) is 0 Å². The van der Waals surface area contributed by atoms with E-state index in [0.29, 0.717) is 12.6 Å². The summed E-state index contributed by atoms with van der Waals surface area (Å²) in [6.07, 6.45) is 5.02. The Morgan fingerprint density at radius 3 is 2.88 bits per heavy atom. The first-order valence-corrected chi connectivity index (χ1v) is 6.48. The Kier molecular flexibility index (Phi) is 4.39. The molecule has 5 nitrogen and oxygen atoms in total. The van der Waals surface area contributed by atoms with Gasteiger partial charge < -0.3 is 21.3 Å². The molecule has 4 N–H and O–H groups in total. The highest BCUT2D eigenvalue weighted by atomic mass is 16.2. The number of carbonyl (C=O) groups excluding carboxylic acids is 1. The van der Waals surface area contributed by atoms with Crippen molar-refractivity contribution >= 4 is 5.91 Å². The van der Waals surface area contributed by atoms with E-state index in [1.54, 1.807) is 0 Å². The molecule has 2 aliphatic rings. The molecule has 5 heteroatoms. The summed E-state index contributed by atoms with van der Waals surface area (Å²) in [6.45, 7) is 4.14. The minimum absolute atomic E-state index is 0.166. The lowest BCUT2D eigenvalue weighted by atomic mass is 10.0. The van der Waals surface area contributed by atoms with E-state index in [2.05, 4.69) is 10.6 Å². The average molecular weight is 238 g/mol. The van der Waals surface area contributed by atoms with Crippen molar-refractivity contribution in [2.24, 2.45) is 5.73 Å². The minimum Gasteiger partial charge on any atom is -0.381 e. The van der Waals surface area contributed by atoms with E-state index in [1.165, 1.54) is 0 Å². The molecule has 0 aromatic carbocycles. The lowest BCUT2D eigenvalue weighted by molar-refractivity contribution is -0.128. The molecule has 0 bridgehead atoms. The third-order valence-corrected chi connectivity index (χ3v) is 3.40. The van der Waals surface area contributed by atoms with Crippen LogP contribution in [-0.2, 0) is 4.79 Å². The largest absolute Gasteiger partial charge is 0.381 e. The molecule has 2 aliphatic heterocycles. The van der Waals surface area contributed by atoms with Gasteiger partial charge in [-0.05, 0) is 19.3 Å². The zero-order valence-corrected chi connectivity index (χ0v) is 10.2.